The van der Waals surface area contributed by atoms with Crippen molar-refractivity contribution >= 4 is 45.3 Å². The van der Waals surface area contributed by atoms with Gasteiger partial charge in [0.05, 0.1) is 35.3 Å². The van der Waals surface area contributed by atoms with Crippen LogP contribution in [0.1, 0.15) is 89.1 Å². The van der Waals surface area contributed by atoms with Gasteiger partial charge >= 0.3 is 11.8 Å². The van der Waals surface area contributed by atoms with E-state index in [2.05, 4.69) is 70.5 Å². The molecule has 14 nitrogen and oxygen atoms in total. The molecule has 3 aromatic carbocycles. The molecule has 0 unspecified atom stereocenters. The van der Waals surface area contributed by atoms with E-state index in [0.717, 1.165) is 61.2 Å². The number of carbonyl (C=O) groups excluding carboxylic acids is 3. The number of nitrogens with two attached hydrogens (primary N) is 1. The second-order valence-corrected chi connectivity index (χ2v) is 15.3. The summed E-state index contributed by atoms with van der Waals surface area (Å²) in [5, 5.41) is 7.85. The second-order valence-electron chi connectivity index (χ2n) is 15.3. The summed E-state index contributed by atoms with van der Waals surface area (Å²) in [6, 6.07) is 16.5. The van der Waals surface area contributed by atoms with E-state index in [1.165, 1.54) is 11.9 Å². The number of rotatable bonds is 9. The van der Waals surface area contributed by atoms with Crippen molar-refractivity contribution in [1.29, 1.82) is 0 Å². The standard InChI is InChI=1S/C42H42FN9O5/c1-21-27(22(2)39-49-42(38(44)54)57-50-39)8-9-29(36(21)43)37-35-30-18-33(56-3)32(19-31(30)47-40(35)46-20-45-37)52-14-12-51(13-15-52)26-16-25(17-26)23-4-6-24(7-5-23)28-10-11-34(53)48-41(28)55/h4-9,18-20,22,25-26,28H,10-17H2,1-3H3,(H2,44,54)(H,45,46,47)(H,48,53,55)/t22-,25?,26?,28-/m1/s1. The summed E-state index contributed by atoms with van der Waals surface area (Å²) in [7, 11) is 1.66. The number of benzene rings is 3. The van der Waals surface area contributed by atoms with E-state index in [1.54, 1.807) is 20.1 Å². The minimum Gasteiger partial charge on any atom is -0.495 e. The molecule has 0 radical (unpaired) electrons. The quantitative estimate of drug-likeness (QED) is 0.159. The number of aromatic nitrogens is 5. The molecule has 3 aromatic heterocycles. The molecule has 3 amide bonds. The van der Waals surface area contributed by atoms with Crippen LogP contribution in [0.3, 0.4) is 0 Å². The number of ether oxygens (including phenoxy) is 1. The highest BCUT2D eigenvalue weighted by molar-refractivity contribution is 6.13. The zero-order valence-corrected chi connectivity index (χ0v) is 31.8. The Labute approximate surface area is 327 Å². The lowest BCUT2D eigenvalue weighted by Crippen LogP contribution is -2.53. The summed E-state index contributed by atoms with van der Waals surface area (Å²) in [6.45, 7) is 7.05. The lowest BCUT2D eigenvalue weighted by molar-refractivity contribution is -0.134. The van der Waals surface area contributed by atoms with Crippen LogP contribution in [-0.4, -0.2) is 87.0 Å². The first kappa shape index (κ1) is 36.4. The summed E-state index contributed by atoms with van der Waals surface area (Å²) in [4.78, 5) is 56.9. The van der Waals surface area contributed by atoms with E-state index in [9.17, 15) is 14.4 Å². The topological polar surface area (TPSA) is 185 Å². The maximum Gasteiger partial charge on any atom is 0.315 e. The summed E-state index contributed by atoms with van der Waals surface area (Å²) in [6.07, 6.45) is 4.57. The van der Waals surface area contributed by atoms with Crippen LogP contribution in [0.2, 0.25) is 0 Å². The molecule has 1 aliphatic carbocycles. The minimum atomic E-state index is -0.828. The number of fused-ring (bicyclic) bond motifs is 3. The molecule has 6 aromatic rings. The number of nitrogens with one attached hydrogen (secondary N) is 2. The minimum absolute atomic E-state index is 0.193. The average molecular weight is 772 g/mol. The highest BCUT2D eigenvalue weighted by Gasteiger charge is 2.37. The molecule has 4 N–H and O–H groups in total. The Morgan fingerprint density at radius 2 is 1.79 bits per heavy atom. The lowest BCUT2D eigenvalue weighted by Gasteiger charge is -2.47. The number of primary amides is 1. The van der Waals surface area contributed by atoms with Crippen LogP contribution in [-0.2, 0) is 9.59 Å². The summed E-state index contributed by atoms with van der Waals surface area (Å²) >= 11 is 0. The van der Waals surface area contributed by atoms with Gasteiger partial charge < -0.3 is 24.9 Å². The van der Waals surface area contributed by atoms with E-state index >= 15 is 4.39 Å². The van der Waals surface area contributed by atoms with Gasteiger partial charge in [-0.25, -0.2) is 14.4 Å². The van der Waals surface area contributed by atoms with Gasteiger partial charge in [-0.3, -0.25) is 24.6 Å². The molecule has 0 bridgehead atoms. The largest absolute Gasteiger partial charge is 0.495 e. The first-order valence-electron chi connectivity index (χ1n) is 19.3. The second kappa shape index (κ2) is 14.4. The van der Waals surface area contributed by atoms with Crippen molar-refractivity contribution in [3.63, 3.8) is 0 Å². The molecular weight excluding hydrogens is 730 g/mol. The van der Waals surface area contributed by atoms with Crippen molar-refractivity contribution in [1.82, 2.24) is 35.3 Å². The Bertz CT molecular complexity index is 2550. The number of piperidine rings is 1. The molecule has 15 heteroatoms. The first-order chi connectivity index (χ1) is 27.6. The van der Waals surface area contributed by atoms with Crippen molar-refractivity contribution < 1.29 is 28.0 Å². The number of H-pyrrole nitrogens is 1. The van der Waals surface area contributed by atoms with Crippen molar-refractivity contribution in [3.8, 4) is 17.0 Å². The Kier molecular flexibility index (Phi) is 9.18. The molecular formula is C42H42FN9O5. The number of amides is 3. The Morgan fingerprint density at radius 3 is 2.49 bits per heavy atom. The molecule has 2 saturated heterocycles. The van der Waals surface area contributed by atoms with Gasteiger partial charge in [-0.2, -0.15) is 4.98 Å². The van der Waals surface area contributed by atoms with E-state index in [4.69, 9.17) is 15.0 Å². The molecule has 1 saturated carbocycles. The van der Waals surface area contributed by atoms with Crippen LogP contribution in [0, 0.1) is 12.7 Å². The molecule has 0 spiro atoms. The fourth-order valence-corrected chi connectivity index (χ4v) is 8.86. The predicted molar refractivity (Wildman–Crippen MR) is 210 cm³/mol. The molecule has 292 valence electrons. The van der Waals surface area contributed by atoms with E-state index in [-0.39, 0.29) is 29.4 Å². The predicted octanol–water partition coefficient (Wildman–Crippen LogP) is 5.46. The van der Waals surface area contributed by atoms with Crippen molar-refractivity contribution in [3.05, 3.63) is 94.6 Å². The highest BCUT2D eigenvalue weighted by atomic mass is 19.1. The van der Waals surface area contributed by atoms with E-state index < -0.39 is 17.6 Å². The van der Waals surface area contributed by atoms with Gasteiger partial charge in [-0.15, -0.1) is 0 Å². The summed E-state index contributed by atoms with van der Waals surface area (Å²) < 4.78 is 27.2. The Hall–Kier alpha value is -6.22. The summed E-state index contributed by atoms with van der Waals surface area (Å²) in [5.74, 6) is -1.24. The molecule has 2 aliphatic heterocycles. The van der Waals surface area contributed by atoms with Crippen molar-refractivity contribution in [2.45, 2.75) is 63.3 Å². The van der Waals surface area contributed by atoms with E-state index in [0.29, 0.717) is 64.0 Å². The number of imide groups is 1. The van der Waals surface area contributed by atoms with Gasteiger partial charge in [0.2, 0.25) is 11.8 Å². The number of methoxy groups -OCH3 is 1. The first-order valence-corrected chi connectivity index (χ1v) is 19.3. The molecule has 9 rings (SSSR count). The van der Waals surface area contributed by atoms with Gasteiger partial charge in [0.1, 0.15) is 23.5 Å². The number of halogens is 1. The monoisotopic (exact) mass is 771 g/mol. The fraction of sp³-hybridized carbons (Fsp3) is 0.357. The Balaban J connectivity index is 0.897. The number of anilines is 1. The molecule has 2 atom stereocenters. The number of carbonyl (C=O) groups is 3. The van der Waals surface area contributed by atoms with Crippen LogP contribution in [0.4, 0.5) is 10.1 Å². The van der Waals surface area contributed by atoms with Crippen molar-refractivity contribution in [2.75, 3.05) is 38.2 Å². The normalized spacial score (nSPS) is 20.8. The molecule has 5 heterocycles. The molecule has 3 fully saturated rings. The summed E-state index contributed by atoms with van der Waals surface area (Å²) in [5.41, 5.74) is 11.8. The zero-order chi connectivity index (χ0) is 39.5. The van der Waals surface area contributed by atoms with Gasteiger partial charge in [-0.05, 0) is 72.6 Å². The van der Waals surface area contributed by atoms with Crippen LogP contribution < -0.4 is 20.7 Å². The van der Waals surface area contributed by atoms with Crippen LogP contribution >= 0.6 is 0 Å². The maximum absolute atomic E-state index is 16.3. The van der Waals surface area contributed by atoms with Gasteiger partial charge in [-0.1, -0.05) is 42.4 Å². The third-order valence-electron chi connectivity index (χ3n) is 12.2. The smallest absolute Gasteiger partial charge is 0.315 e. The average Bonchev–Trinajstić information content (AvgIpc) is 3.84. The fourth-order valence-electron chi connectivity index (χ4n) is 8.86. The lowest BCUT2D eigenvalue weighted by atomic mass is 9.74. The Morgan fingerprint density at radius 1 is 1.04 bits per heavy atom. The van der Waals surface area contributed by atoms with Gasteiger partial charge in [0.15, 0.2) is 5.82 Å². The highest BCUT2D eigenvalue weighted by Crippen LogP contribution is 2.43. The molecule has 57 heavy (non-hydrogen) atoms. The number of piperazine rings is 1. The number of hydrogen-bond donors (Lipinski definition) is 3. The zero-order valence-electron chi connectivity index (χ0n) is 31.8. The third-order valence-corrected chi connectivity index (χ3v) is 12.2. The third kappa shape index (κ3) is 6.45. The van der Waals surface area contributed by atoms with E-state index in [1.807, 2.05) is 19.1 Å². The van der Waals surface area contributed by atoms with Crippen LogP contribution in [0.15, 0.2) is 59.4 Å². The SMILES string of the molecule is COc1cc2c(cc1N1CCN(C3CC(c4ccc([C@H]5CCC(=O)NC5=O)cc4)C3)CC1)[nH]c1ncnc(-c3ccc([C@@H](C)c4noc(C(N)=O)n4)c(C)c3F)c12. The van der Waals surface area contributed by atoms with Crippen LogP contribution in [0.25, 0.3) is 33.2 Å². The van der Waals surface area contributed by atoms with Gasteiger partial charge in [0.25, 0.3) is 0 Å². The number of nitrogens with zero attached hydrogens (tertiary/aromatic N) is 6. The molecule has 3 aliphatic rings. The van der Waals surface area contributed by atoms with Crippen LogP contribution in [0.5, 0.6) is 5.75 Å². The van der Waals surface area contributed by atoms with Crippen molar-refractivity contribution in [2.24, 2.45) is 5.73 Å². The number of hydrogen-bond acceptors (Lipinski definition) is 11. The number of aromatic amines is 1. The maximum atomic E-state index is 16.3. The van der Waals surface area contributed by atoms with Gasteiger partial charge in [0, 0.05) is 55.5 Å².